The van der Waals surface area contributed by atoms with Gasteiger partial charge in [-0.1, -0.05) is 72.8 Å². The summed E-state index contributed by atoms with van der Waals surface area (Å²) < 4.78 is 33.5. The second-order valence-electron chi connectivity index (χ2n) is 8.44. The maximum Gasteiger partial charge on any atom is 0.243 e. The van der Waals surface area contributed by atoms with Gasteiger partial charge in [-0.05, 0) is 23.3 Å². The zero-order chi connectivity index (χ0) is 23.5. The molecule has 1 fully saturated rings. The summed E-state index contributed by atoms with van der Waals surface area (Å²) in [5.74, 6) is 0.578. The van der Waals surface area contributed by atoms with Gasteiger partial charge in [-0.25, -0.2) is 13.4 Å². The summed E-state index contributed by atoms with van der Waals surface area (Å²) in [5.41, 5.74) is 3.95. The number of nitrogens with zero attached hydrogens (tertiary/aromatic N) is 3. The third-order valence-electron chi connectivity index (χ3n) is 6.28. The maximum absolute atomic E-state index is 13.3. The van der Waals surface area contributed by atoms with E-state index >= 15 is 0 Å². The van der Waals surface area contributed by atoms with E-state index in [1.165, 1.54) is 11.1 Å². The van der Waals surface area contributed by atoms with E-state index in [1.54, 1.807) is 41.8 Å². The van der Waals surface area contributed by atoms with Crippen LogP contribution in [-0.4, -0.2) is 48.8 Å². The molecule has 1 aromatic heterocycles. The Morgan fingerprint density at radius 1 is 0.794 bits per heavy atom. The quantitative estimate of drug-likeness (QED) is 0.404. The second-order valence-corrected chi connectivity index (χ2v) is 10.4. The highest BCUT2D eigenvalue weighted by Crippen LogP contribution is 2.30. The highest BCUT2D eigenvalue weighted by molar-refractivity contribution is 7.89. The lowest BCUT2D eigenvalue weighted by Gasteiger charge is -2.39. The number of piperazine rings is 1. The molecular weight excluding hydrogens is 446 g/mol. The first-order chi connectivity index (χ1) is 16.5. The number of aromatic nitrogens is 1. The van der Waals surface area contributed by atoms with E-state index in [-0.39, 0.29) is 6.04 Å². The summed E-state index contributed by atoms with van der Waals surface area (Å²) in [6.07, 6.45) is 1.58. The Morgan fingerprint density at radius 2 is 1.35 bits per heavy atom. The van der Waals surface area contributed by atoms with E-state index in [4.69, 9.17) is 4.42 Å². The van der Waals surface area contributed by atoms with Gasteiger partial charge in [0.15, 0.2) is 5.89 Å². The van der Waals surface area contributed by atoms with Crippen molar-refractivity contribution in [2.75, 3.05) is 26.2 Å². The highest BCUT2D eigenvalue weighted by Gasteiger charge is 2.32. The van der Waals surface area contributed by atoms with Crippen LogP contribution in [0.1, 0.15) is 23.1 Å². The Balaban J connectivity index is 1.32. The van der Waals surface area contributed by atoms with Crippen LogP contribution in [0.5, 0.6) is 0 Å². The van der Waals surface area contributed by atoms with E-state index in [9.17, 15) is 8.42 Å². The van der Waals surface area contributed by atoms with Gasteiger partial charge in [-0.15, -0.1) is 0 Å². The van der Waals surface area contributed by atoms with Crippen molar-refractivity contribution in [1.82, 2.24) is 14.2 Å². The molecule has 7 heteroatoms. The minimum absolute atomic E-state index is 0.0949. The molecule has 0 atom stereocenters. The van der Waals surface area contributed by atoms with Crippen LogP contribution in [-0.2, 0) is 10.0 Å². The van der Waals surface area contributed by atoms with Gasteiger partial charge < -0.3 is 4.42 Å². The molecular formula is C27H27N3O3S. The molecule has 0 amide bonds. The molecule has 3 aromatic carbocycles. The van der Waals surface area contributed by atoms with E-state index in [2.05, 4.69) is 58.4 Å². The standard InChI is InChI=1S/C27H27N3O3S/c1-21-28-26(20-33-21)22-12-14-25(15-13-22)34(31,32)30-18-16-29(17-19-30)27(23-8-4-2-5-9-23)24-10-6-3-7-11-24/h2-15,20,27H,16-19H2,1H3. The number of hydrogen-bond donors (Lipinski definition) is 0. The first kappa shape index (κ1) is 22.5. The molecule has 0 aliphatic carbocycles. The second kappa shape index (κ2) is 9.54. The van der Waals surface area contributed by atoms with Crippen LogP contribution < -0.4 is 0 Å². The normalized spacial score (nSPS) is 15.6. The molecule has 6 nitrogen and oxygen atoms in total. The highest BCUT2D eigenvalue weighted by atomic mass is 32.2. The van der Waals surface area contributed by atoms with Gasteiger partial charge in [0.25, 0.3) is 0 Å². The molecule has 2 heterocycles. The van der Waals surface area contributed by atoms with Crippen LogP contribution in [0, 0.1) is 6.92 Å². The molecule has 0 saturated carbocycles. The fourth-order valence-corrected chi connectivity index (χ4v) is 5.95. The van der Waals surface area contributed by atoms with Gasteiger partial charge >= 0.3 is 0 Å². The molecule has 0 spiro atoms. The van der Waals surface area contributed by atoms with Gasteiger partial charge in [0.2, 0.25) is 10.0 Å². The topological polar surface area (TPSA) is 66.7 Å². The molecule has 5 rings (SSSR count). The fourth-order valence-electron chi connectivity index (χ4n) is 4.53. The van der Waals surface area contributed by atoms with E-state index < -0.39 is 10.0 Å². The minimum atomic E-state index is -3.57. The third kappa shape index (κ3) is 4.55. The van der Waals surface area contributed by atoms with E-state index in [1.807, 2.05) is 12.1 Å². The Kier molecular flexibility index (Phi) is 6.32. The average Bonchev–Trinajstić information content (AvgIpc) is 3.32. The molecule has 1 aliphatic heterocycles. The lowest BCUT2D eigenvalue weighted by atomic mass is 9.96. The molecule has 174 valence electrons. The summed E-state index contributed by atoms with van der Waals surface area (Å²) in [7, 11) is -3.57. The molecule has 34 heavy (non-hydrogen) atoms. The van der Waals surface area contributed by atoms with E-state index in [0.717, 1.165) is 5.56 Å². The molecule has 1 aliphatic rings. The Hall–Kier alpha value is -3.26. The molecule has 0 radical (unpaired) electrons. The van der Waals surface area contributed by atoms with Gasteiger partial charge in [-0.3, -0.25) is 4.90 Å². The minimum Gasteiger partial charge on any atom is -0.449 e. The Labute approximate surface area is 200 Å². The largest absolute Gasteiger partial charge is 0.449 e. The van der Waals surface area contributed by atoms with Crippen molar-refractivity contribution in [2.24, 2.45) is 0 Å². The predicted octanol–water partition coefficient (Wildman–Crippen LogP) is 4.75. The van der Waals surface area contributed by atoms with Crippen molar-refractivity contribution >= 4 is 10.0 Å². The fraction of sp³-hybridized carbons (Fsp3) is 0.222. The van der Waals surface area contributed by atoms with Crippen LogP contribution in [0.25, 0.3) is 11.3 Å². The molecule has 4 aromatic rings. The van der Waals surface area contributed by atoms with Crippen molar-refractivity contribution in [3.8, 4) is 11.3 Å². The monoisotopic (exact) mass is 473 g/mol. The first-order valence-corrected chi connectivity index (χ1v) is 12.8. The maximum atomic E-state index is 13.3. The Morgan fingerprint density at radius 3 is 1.85 bits per heavy atom. The van der Waals surface area contributed by atoms with Crippen LogP contribution in [0.4, 0.5) is 0 Å². The van der Waals surface area contributed by atoms with Crippen LogP contribution >= 0.6 is 0 Å². The first-order valence-electron chi connectivity index (χ1n) is 11.4. The van der Waals surface area contributed by atoms with Crippen molar-refractivity contribution in [3.05, 3.63) is 108 Å². The third-order valence-corrected chi connectivity index (χ3v) is 8.19. The summed E-state index contributed by atoms with van der Waals surface area (Å²) in [6, 6.07) is 27.7. The summed E-state index contributed by atoms with van der Waals surface area (Å²) >= 11 is 0. The SMILES string of the molecule is Cc1nc(-c2ccc(S(=O)(=O)N3CCN(C(c4ccccc4)c4ccccc4)CC3)cc2)co1. The van der Waals surface area contributed by atoms with Crippen LogP contribution in [0.2, 0.25) is 0 Å². The number of aryl methyl sites for hydroxylation is 1. The van der Waals surface area contributed by atoms with Crippen LogP contribution in [0.3, 0.4) is 0 Å². The van der Waals surface area contributed by atoms with Crippen molar-refractivity contribution in [2.45, 2.75) is 17.9 Å². The smallest absolute Gasteiger partial charge is 0.243 e. The molecule has 0 bridgehead atoms. The number of sulfonamides is 1. The summed E-state index contributed by atoms with van der Waals surface area (Å²) in [6.45, 7) is 3.99. The van der Waals surface area contributed by atoms with Crippen molar-refractivity contribution in [3.63, 3.8) is 0 Å². The van der Waals surface area contributed by atoms with Gasteiger partial charge in [0.05, 0.1) is 10.9 Å². The Bertz CT molecular complexity index is 1290. The summed E-state index contributed by atoms with van der Waals surface area (Å²) in [4.78, 5) is 6.97. The number of rotatable bonds is 6. The van der Waals surface area contributed by atoms with Crippen LogP contribution in [0.15, 0.2) is 101 Å². The number of hydrogen-bond acceptors (Lipinski definition) is 5. The average molecular weight is 474 g/mol. The zero-order valence-electron chi connectivity index (χ0n) is 19.0. The lowest BCUT2D eigenvalue weighted by Crippen LogP contribution is -2.49. The molecule has 0 unspecified atom stereocenters. The predicted molar refractivity (Wildman–Crippen MR) is 132 cm³/mol. The zero-order valence-corrected chi connectivity index (χ0v) is 19.9. The van der Waals surface area contributed by atoms with Crippen molar-refractivity contribution < 1.29 is 12.8 Å². The molecule has 1 saturated heterocycles. The van der Waals surface area contributed by atoms with Gasteiger partial charge in [0, 0.05) is 38.7 Å². The number of oxazole rings is 1. The molecule has 0 N–H and O–H groups in total. The van der Waals surface area contributed by atoms with Crippen molar-refractivity contribution in [1.29, 1.82) is 0 Å². The summed E-state index contributed by atoms with van der Waals surface area (Å²) in [5, 5.41) is 0. The van der Waals surface area contributed by atoms with Gasteiger partial charge in [-0.2, -0.15) is 4.31 Å². The number of benzene rings is 3. The van der Waals surface area contributed by atoms with E-state index in [0.29, 0.717) is 42.7 Å². The van der Waals surface area contributed by atoms with Gasteiger partial charge in [0.1, 0.15) is 12.0 Å². The lowest BCUT2D eigenvalue weighted by molar-refractivity contribution is 0.156.